The van der Waals surface area contributed by atoms with E-state index in [1.807, 2.05) is 0 Å². The summed E-state index contributed by atoms with van der Waals surface area (Å²) in [5, 5.41) is 0. The summed E-state index contributed by atoms with van der Waals surface area (Å²) in [6.07, 6.45) is 0. The van der Waals surface area contributed by atoms with Crippen LogP contribution in [0.2, 0.25) is 0 Å². The fourth-order valence-corrected chi connectivity index (χ4v) is 0. The first-order valence-electron chi connectivity index (χ1n) is 0.436. The van der Waals surface area contributed by atoms with Crippen molar-refractivity contribution in [1.82, 2.24) is 0 Å². The molecule has 0 nitrogen and oxygen atoms in total. The van der Waals surface area contributed by atoms with E-state index < -0.39 is 18.9 Å². The average molecular weight is 238 g/mol. The van der Waals surface area contributed by atoms with E-state index in [-0.39, 0.29) is 18.4 Å². The maximum Gasteiger partial charge on any atom is -0.0125 e. The maximum atomic E-state index is 4.95. The summed E-state index contributed by atoms with van der Waals surface area (Å²) in [4.78, 5) is 0. The van der Waals surface area contributed by atoms with Crippen LogP contribution in [0.4, 0.5) is 0 Å². The minimum absolute atomic E-state index is 0. The van der Waals surface area contributed by atoms with Crippen molar-refractivity contribution in [1.29, 1.82) is 0 Å². The average Bonchev–Trinajstić information content (AvgIpc) is 0.918. The van der Waals surface area contributed by atoms with Crippen LogP contribution in [0.5, 0.6) is 0 Å². The molecule has 0 unspecified atom stereocenters. The Morgan fingerprint density at radius 3 is 1.20 bits per heavy atom. The van der Waals surface area contributed by atoms with E-state index in [0.29, 0.717) is 0 Å². The van der Waals surface area contributed by atoms with Gasteiger partial charge in [0.2, 0.25) is 0 Å². The molecule has 0 rings (SSSR count). The Bertz CT molecular complexity index is 9.61. The van der Waals surface area contributed by atoms with Crippen LogP contribution in [0.1, 0.15) is 7.43 Å². The number of hydrogen-bond donors (Lipinski definition) is 0. The van der Waals surface area contributed by atoms with Crippen LogP contribution in [-0.4, -0.2) is 29.9 Å². The minimum atomic E-state index is -0.946. The zero-order valence-corrected chi connectivity index (χ0v) is 9.14. The van der Waals surface area contributed by atoms with Crippen LogP contribution in [0, 0.1) is 0 Å². The van der Waals surface area contributed by atoms with Gasteiger partial charge in [0.1, 0.15) is 0 Å². The van der Waals surface area contributed by atoms with Gasteiger partial charge in [0.05, 0.1) is 0 Å². The Labute approximate surface area is 54.9 Å². The van der Waals surface area contributed by atoms with Crippen LogP contribution in [-0.2, 0) is 0 Å². The Balaban J connectivity index is -0.0000000200. The van der Waals surface area contributed by atoms with Crippen LogP contribution in [0.3, 0.4) is 0 Å². The molecule has 0 spiro atoms. The molecule has 0 saturated heterocycles. The number of rotatable bonds is 0. The number of halogens is 2. The van der Waals surface area contributed by atoms with Gasteiger partial charge in [-0.05, 0) is 11.0 Å². The summed E-state index contributed by atoms with van der Waals surface area (Å²) in [5.74, 6) is 0. The fourth-order valence-electron chi connectivity index (χ4n) is 0. The Morgan fingerprint density at radius 1 is 1.20 bits per heavy atom. The van der Waals surface area contributed by atoms with E-state index in [4.69, 9.17) is 17.8 Å². The maximum absolute atomic E-state index is 4.95. The van der Waals surface area contributed by atoms with Crippen molar-refractivity contribution in [2.45, 2.75) is 7.43 Å². The largest absolute Gasteiger partial charge is 0.0125 e. The predicted molar refractivity (Wildman–Crippen MR) is 35.5 cm³/mol. The molecule has 2 radical (unpaired) electrons. The van der Waals surface area contributed by atoms with E-state index in [9.17, 15) is 0 Å². The predicted octanol–water partition coefficient (Wildman–Crippen LogP) is 0.183. The second kappa shape index (κ2) is 17.5. The summed E-state index contributed by atoms with van der Waals surface area (Å²) in [6.45, 7) is 0. The summed E-state index contributed by atoms with van der Waals surface area (Å²) in [5.41, 5.74) is 0. The summed E-state index contributed by atoms with van der Waals surface area (Å²) < 4.78 is 0. The smallest absolute Gasteiger partial charge is 0.0125 e. The molecule has 0 aromatic carbocycles. The molecule has 4 heteroatoms. The van der Waals surface area contributed by atoms with Gasteiger partial charge in [0.15, 0.2) is 0 Å². The van der Waals surface area contributed by atoms with Crippen LogP contribution >= 0.6 is 17.8 Å². The van der Waals surface area contributed by atoms with Gasteiger partial charge in [-0.1, -0.05) is 7.43 Å². The zero-order chi connectivity index (χ0) is 2.71. The van der Waals surface area contributed by atoms with Gasteiger partial charge in [-0.25, -0.2) is 0 Å². The van der Waals surface area contributed by atoms with Crippen molar-refractivity contribution in [2.75, 3.05) is 0 Å². The Hall–Kier alpha value is 1.60. The topological polar surface area (TPSA) is 0 Å². The van der Waals surface area contributed by atoms with Crippen LogP contribution in [0.15, 0.2) is 0 Å². The molecule has 0 bridgehead atoms. The molecule has 5 heavy (non-hydrogen) atoms. The second-order valence-corrected chi connectivity index (χ2v) is 4.98. The first-order chi connectivity index (χ1) is 1.41. The standard InChI is InChI=1S/CH4.2ClH.H3Si.Sn.H/h1H4;2*1H;1H3;;/q;;;;+2;/p-2. The normalized spacial score (nSPS) is 3.60. The van der Waals surface area contributed by atoms with Gasteiger partial charge in [0, 0.05) is 0 Å². The summed E-state index contributed by atoms with van der Waals surface area (Å²) >= 11 is -0.946. The van der Waals surface area contributed by atoms with Crippen molar-refractivity contribution >= 4 is 47.7 Å². The third-order valence-electron chi connectivity index (χ3n) is 0. The molecule has 0 aliphatic heterocycles. The second-order valence-electron chi connectivity index (χ2n) is 0.0825. The summed E-state index contributed by atoms with van der Waals surface area (Å²) in [6, 6.07) is 0. The molecule has 34 valence electrons. The minimum Gasteiger partial charge on any atom is -0.0125 e. The molecule has 0 heterocycles. The van der Waals surface area contributed by atoms with Gasteiger partial charge in [-0.2, -0.15) is 0 Å². The molecular formula is CH8Cl2SiSn. The fraction of sp³-hybridized carbons (Fsp3) is 1.00. The van der Waals surface area contributed by atoms with Gasteiger partial charge < -0.3 is 0 Å². The summed E-state index contributed by atoms with van der Waals surface area (Å²) in [7, 11) is 9.91. The molecular weight excluding hydrogens is 230 g/mol. The van der Waals surface area contributed by atoms with Gasteiger partial charge in [-0.3, -0.25) is 0 Å². The molecule has 0 aromatic heterocycles. The van der Waals surface area contributed by atoms with Crippen molar-refractivity contribution in [2.24, 2.45) is 0 Å². The quantitative estimate of drug-likeness (QED) is 0.528. The molecule has 0 N–H and O–H groups in total. The van der Waals surface area contributed by atoms with Crippen molar-refractivity contribution < 1.29 is 0 Å². The van der Waals surface area contributed by atoms with Crippen molar-refractivity contribution in [3.63, 3.8) is 0 Å². The molecule has 0 saturated carbocycles. The van der Waals surface area contributed by atoms with Crippen LogP contribution < -0.4 is 0 Å². The van der Waals surface area contributed by atoms with Gasteiger partial charge in [0.25, 0.3) is 0 Å². The van der Waals surface area contributed by atoms with Gasteiger partial charge in [-0.15, -0.1) is 0 Å². The molecule has 0 aliphatic rings. The Morgan fingerprint density at radius 2 is 1.20 bits per heavy atom. The third-order valence-corrected chi connectivity index (χ3v) is 0. The molecule has 0 atom stereocenters. The first kappa shape index (κ1) is 16.0. The number of hydrogen-bond acceptors (Lipinski definition) is 0. The first-order valence-corrected chi connectivity index (χ1v) is 8.78. The molecule has 0 amide bonds. The molecule has 0 aliphatic carbocycles. The SMILES string of the molecule is C.[Cl][SnH][Cl].[SiH3]. The van der Waals surface area contributed by atoms with E-state index >= 15 is 0 Å². The van der Waals surface area contributed by atoms with Crippen molar-refractivity contribution in [3.05, 3.63) is 0 Å². The van der Waals surface area contributed by atoms with Gasteiger partial charge >= 0.3 is 36.7 Å². The van der Waals surface area contributed by atoms with Crippen LogP contribution in [0.25, 0.3) is 0 Å². The Kier molecular flexibility index (Phi) is 56.0. The zero-order valence-electron chi connectivity index (χ0n) is 2.33. The monoisotopic (exact) mass is 238 g/mol. The van der Waals surface area contributed by atoms with E-state index in [2.05, 4.69) is 0 Å². The van der Waals surface area contributed by atoms with E-state index in [0.717, 1.165) is 0 Å². The third kappa shape index (κ3) is 28.4. The molecule has 0 fully saturated rings. The van der Waals surface area contributed by atoms with E-state index in [1.54, 1.807) is 0 Å². The molecule has 0 aromatic rings. The van der Waals surface area contributed by atoms with Crippen molar-refractivity contribution in [3.8, 4) is 0 Å². The van der Waals surface area contributed by atoms with E-state index in [1.165, 1.54) is 0 Å².